The van der Waals surface area contributed by atoms with Crippen LogP contribution in [0.25, 0.3) is 0 Å². The monoisotopic (exact) mass is 325 g/mol. The molecule has 1 unspecified atom stereocenters. The van der Waals surface area contributed by atoms with Crippen LogP contribution in [-0.2, 0) is 10.0 Å². The summed E-state index contributed by atoms with van der Waals surface area (Å²) in [5.74, 6) is -0.656. The van der Waals surface area contributed by atoms with Gasteiger partial charge in [-0.2, -0.15) is 4.31 Å². The molecular formula is C13H16FN5O2S. The lowest BCUT2D eigenvalue weighted by Gasteiger charge is -2.20. The van der Waals surface area contributed by atoms with Gasteiger partial charge in [0, 0.05) is 25.5 Å². The molecule has 2 aromatic heterocycles. The van der Waals surface area contributed by atoms with Crippen LogP contribution < -0.4 is 0 Å². The third kappa shape index (κ3) is 3.00. The van der Waals surface area contributed by atoms with Gasteiger partial charge in [0.15, 0.2) is 0 Å². The summed E-state index contributed by atoms with van der Waals surface area (Å²) in [5.41, 5.74) is 0. The summed E-state index contributed by atoms with van der Waals surface area (Å²) in [4.78, 5) is 3.52. The first-order valence-corrected chi connectivity index (χ1v) is 8.48. The second-order valence-corrected chi connectivity index (χ2v) is 7.15. The SMILES string of the molecule is O=S(=O)(c1cncc(F)c1)N1CCCC(n2ccnn2)CC1. The lowest BCUT2D eigenvalue weighted by Crippen LogP contribution is -2.32. The molecule has 1 saturated heterocycles. The Kier molecular flexibility index (Phi) is 4.16. The molecule has 1 atom stereocenters. The fraction of sp³-hybridized carbons (Fsp3) is 0.462. The van der Waals surface area contributed by atoms with Crippen LogP contribution in [0, 0.1) is 5.82 Å². The van der Waals surface area contributed by atoms with E-state index in [0.717, 1.165) is 18.7 Å². The molecule has 0 aliphatic carbocycles. The third-order valence-corrected chi connectivity index (χ3v) is 5.65. The van der Waals surface area contributed by atoms with Gasteiger partial charge in [-0.3, -0.25) is 4.98 Å². The normalized spacial score (nSPS) is 20.7. The number of sulfonamides is 1. The van der Waals surface area contributed by atoms with Crippen LogP contribution in [-0.4, -0.2) is 45.8 Å². The van der Waals surface area contributed by atoms with Crippen molar-refractivity contribution in [1.82, 2.24) is 24.3 Å². The maximum atomic E-state index is 13.2. The average Bonchev–Trinajstić information content (AvgIpc) is 2.91. The van der Waals surface area contributed by atoms with Gasteiger partial charge >= 0.3 is 0 Å². The minimum Gasteiger partial charge on any atom is -0.260 e. The first kappa shape index (κ1) is 15.0. The van der Waals surface area contributed by atoms with Crippen LogP contribution >= 0.6 is 0 Å². The number of rotatable bonds is 3. The Labute approximate surface area is 127 Å². The van der Waals surface area contributed by atoms with E-state index in [1.807, 2.05) is 0 Å². The van der Waals surface area contributed by atoms with Crippen molar-refractivity contribution in [2.45, 2.75) is 30.2 Å². The molecule has 0 N–H and O–H groups in total. The van der Waals surface area contributed by atoms with Crippen molar-refractivity contribution in [2.75, 3.05) is 13.1 Å². The molecule has 3 rings (SSSR count). The summed E-state index contributed by atoms with van der Waals surface area (Å²) < 4.78 is 41.5. The van der Waals surface area contributed by atoms with Crippen LogP contribution in [0.1, 0.15) is 25.3 Å². The molecule has 118 valence electrons. The molecule has 0 spiro atoms. The van der Waals surface area contributed by atoms with E-state index < -0.39 is 15.8 Å². The fourth-order valence-corrected chi connectivity index (χ4v) is 4.12. The maximum Gasteiger partial charge on any atom is 0.244 e. The van der Waals surface area contributed by atoms with Gasteiger partial charge in [-0.1, -0.05) is 5.21 Å². The highest BCUT2D eigenvalue weighted by molar-refractivity contribution is 7.89. The van der Waals surface area contributed by atoms with Crippen LogP contribution in [0.4, 0.5) is 4.39 Å². The number of hydrogen-bond donors (Lipinski definition) is 0. The molecule has 7 nitrogen and oxygen atoms in total. The van der Waals surface area contributed by atoms with E-state index in [0.29, 0.717) is 25.9 Å². The molecule has 0 bridgehead atoms. The van der Waals surface area contributed by atoms with Gasteiger partial charge in [0.05, 0.1) is 18.4 Å². The number of nitrogens with zero attached hydrogens (tertiary/aromatic N) is 5. The molecule has 22 heavy (non-hydrogen) atoms. The second-order valence-electron chi connectivity index (χ2n) is 5.21. The van der Waals surface area contributed by atoms with Crippen molar-refractivity contribution >= 4 is 10.0 Å². The predicted molar refractivity (Wildman–Crippen MR) is 75.9 cm³/mol. The minimum atomic E-state index is -3.71. The Bertz CT molecular complexity index is 735. The van der Waals surface area contributed by atoms with Gasteiger partial charge in [-0.15, -0.1) is 5.10 Å². The van der Waals surface area contributed by atoms with E-state index in [-0.39, 0.29) is 10.9 Å². The maximum absolute atomic E-state index is 13.2. The van der Waals surface area contributed by atoms with E-state index in [9.17, 15) is 12.8 Å². The van der Waals surface area contributed by atoms with Gasteiger partial charge < -0.3 is 0 Å². The predicted octanol–water partition coefficient (Wildman–Crippen LogP) is 1.23. The Morgan fingerprint density at radius 3 is 2.82 bits per heavy atom. The van der Waals surface area contributed by atoms with E-state index >= 15 is 0 Å². The topological polar surface area (TPSA) is 81.0 Å². The molecule has 0 saturated carbocycles. The van der Waals surface area contributed by atoms with Crippen molar-refractivity contribution in [3.63, 3.8) is 0 Å². The lowest BCUT2D eigenvalue weighted by molar-refractivity contribution is 0.385. The van der Waals surface area contributed by atoms with E-state index in [1.54, 1.807) is 17.1 Å². The Morgan fingerprint density at radius 2 is 2.09 bits per heavy atom. The van der Waals surface area contributed by atoms with Crippen LogP contribution in [0.15, 0.2) is 35.7 Å². The zero-order valence-electron chi connectivity index (χ0n) is 11.8. The summed E-state index contributed by atoms with van der Waals surface area (Å²) in [7, 11) is -3.71. The number of aromatic nitrogens is 4. The molecule has 0 radical (unpaired) electrons. The molecule has 0 amide bonds. The molecule has 1 fully saturated rings. The van der Waals surface area contributed by atoms with Crippen molar-refractivity contribution in [3.05, 3.63) is 36.7 Å². The molecule has 2 aromatic rings. The highest BCUT2D eigenvalue weighted by Gasteiger charge is 2.28. The fourth-order valence-electron chi connectivity index (χ4n) is 2.65. The lowest BCUT2D eigenvalue weighted by atomic mass is 10.1. The smallest absolute Gasteiger partial charge is 0.244 e. The number of pyridine rings is 1. The first-order valence-electron chi connectivity index (χ1n) is 7.04. The van der Waals surface area contributed by atoms with Gasteiger partial charge in [-0.25, -0.2) is 17.5 Å². The van der Waals surface area contributed by atoms with Gasteiger partial charge in [0.25, 0.3) is 0 Å². The van der Waals surface area contributed by atoms with E-state index in [1.165, 1.54) is 10.5 Å². The standard InChI is InChI=1S/C13H16FN5O2S/c14-11-8-13(10-15-9-11)22(20,21)18-5-1-2-12(3-6-18)19-7-4-16-17-19/h4,7-10,12H,1-3,5-6H2. The first-order chi connectivity index (χ1) is 10.6. The van der Waals surface area contributed by atoms with Crippen LogP contribution in [0.2, 0.25) is 0 Å². The van der Waals surface area contributed by atoms with Gasteiger partial charge in [-0.05, 0) is 25.3 Å². The summed E-state index contributed by atoms with van der Waals surface area (Å²) >= 11 is 0. The molecule has 9 heteroatoms. The van der Waals surface area contributed by atoms with Crippen molar-refractivity contribution in [1.29, 1.82) is 0 Å². The zero-order valence-corrected chi connectivity index (χ0v) is 12.7. The van der Waals surface area contributed by atoms with E-state index in [2.05, 4.69) is 15.3 Å². The average molecular weight is 325 g/mol. The quantitative estimate of drug-likeness (QED) is 0.848. The van der Waals surface area contributed by atoms with Crippen LogP contribution in [0.5, 0.6) is 0 Å². The highest BCUT2D eigenvalue weighted by atomic mass is 32.2. The van der Waals surface area contributed by atoms with Crippen molar-refractivity contribution < 1.29 is 12.8 Å². The van der Waals surface area contributed by atoms with Crippen molar-refractivity contribution in [3.8, 4) is 0 Å². The third-order valence-electron chi connectivity index (χ3n) is 3.79. The molecule has 1 aliphatic heterocycles. The molecule has 3 heterocycles. The summed E-state index contributed by atoms with van der Waals surface area (Å²) in [6, 6.07) is 1.13. The van der Waals surface area contributed by atoms with Gasteiger partial charge in [0.1, 0.15) is 10.7 Å². The van der Waals surface area contributed by atoms with Crippen LogP contribution in [0.3, 0.4) is 0 Å². The Morgan fingerprint density at radius 1 is 1.23 bits per heavy atom. The summed E-state index contributed by atoms with van der Waals surface area (Å²) in [5, 5.41) is 7.76. The van der Waals surface area contributed by atoms with Gasteiger partial charge in [0.2, 0.25) is 10.0 Å². The molecular weight excluding hydrogens is 309 g/mol. The number of hydrogen-bond acceptors (Lipinski definition) is 5. The Hall–Kier alpha value is -1.87. The largest absolute Gasteiger partial charge is 0.260 e. The molecule has 1 aliphatic rings. The molecule has 0 aromatic carbocycles. The highest BCUT2D eigenvalue weighted by Crippen LogP contribution is 2.25. The summed E-state index contributed by atoms with van der Waals surface area (Å²) in [6.07, 6.45) is 7.75. The Balaban J connectivity index is 1.78. The minimum absolute atomic E-state index is 0.105. The second kappa shape index (κ2) is 6.09. The van der Waals surface area contributed by atoms with Crippen molar-refractivity contribution in [2.24, 2.45) is 0 Å². The zero-order chi connectivity index (χ0) is 15.6. The van der Waals surface area contributed by atoms with E-state index in [4.69, 9.17) is 0 Å². The summed E-state index contributed by atoms with van der Waals surface area (Å²) in [6.45, 7) is 0.771. The number of halogens is 1.